The van der Waals surface area contributed by atoms with Crippen LogP contribution in [0.15, 0.2) is 60.7 Å². The van der Waals surface area contributed by atoms with E-state index in [-0.39, 0.29) is 17.2 Å². The molecule has 1 aromatic heterocycles. The number of benzene rings is 3. The molecule has 0 aliphatic heterocycles. The minimum Gasteiger partial charge on any atom is -0.484 e. The Kier molecular flexibility index (Phi) is 4.78. The Balaban J connectivity index is 1.68. The van der Waals surface area contributed by atoms with Crippen LogP contribution in [0.3, 0.4) is 0 Å². The van der Waals surface area contributed by atoms with Gasteiger partial charge in [0.25, 0.3) is 0 Å². The standard InChI is InChI=1S/C26H25F2OS/c1-17(2)26(13-5-6-14-26)29-23-16-19(10-11-22(23)28)30-24-8-4-3-7-20(24)21-15-18(27)9-12-25(21)30/h3-4,7-12,15-17H,5-6,13-14H2,1-2H3/q+1. The lowest BCUT2D eigenvalue weighted by atomic mass is 9.88. The molecular formula is C26H25F2OS+. The van der Waals surface area contributed by atoms with Gasteiger partial charge in [-0.25, -0.2) is 8.78 Å². The average molecular weight is 424 g/mol. The first-order valence-electron chi connectivity index (χ1n) is 10.6. The van der Waals surface area contributed by atoms with Crippen LogP contribution in [-0.4, -0.2) is 5.60 Å². The molecule has 0 amide bonds. The second-order valence-corrected chi connectivity index (χ2v) is 10.5. The van der Waals surface area contributed by atoms with Gasteiger partial charge in [-0.3, -0.25) is 0 Å². The maximum atomic E-state index is 14.8. The van der Waals surface area contributed by atoms with Crippen LogP contribution in [0.2, 0.25) is 0 Å². The summed E-state index contributed by atoms with van der Waals surface area (Å²) in [5.74, 6) is 0.100. The molecule has 1 atom stereocenters. The van der Waals surface area contributed by atoms with Crippen molar-refractivity contribution in [1.82, 2.24) is 0 Å². The predicted molar refractivity (Wildman–Crippen MR) is 122 cm³/mol. The van der Waals surface area contributed by atoms with E-state index in [1.54, 1.807) is 6.07 Å². The lowest BCUT2D eigenvalue weighted by Gasteiger charge is -2.34. The lowest BCUT2D eigenvalue weighted by Crippen LogP contribution is -2.38. The summed E-state index contributed by atoms with van der Waals surface area (Å²) in [7, 11) is -0.408. The van der Waals surface area contributed by atoms with Crippen molar-refractivity contribution in [3.8, 4) is 10.6 Å². The fraction of sp³-hybridized carbons (Fsp3) is 0.308. The summed E-state index contributed by atoms with van der Waals surface area (Å²) in [5.41, 5.74) is -0.294. The molecule has 5 rings (SSSR count). The van der Waals surface area contributed by atoms with Gasteiger partial charge in [0.1, 0.15) is 11.4 Å². The Morgan fingerprint density at radius 3 is 2.37 bits per heavy atom. The Morgan fingerprint density at radius 2 is 1.60 bits per heavy atom. The van der Waals surface area contributed by atoms with Crippen LogP contribution in [0.4, 0.5) is 8.78 Å². The number of rotatable bonds is 4. The van der Waals surface area contributed by atoms with Crippen molar-refractivity contribution in [3.05, 3.63) is 72.3 Å². The second-order valence-electron chi connectivity index (χ2n) is 8.56. The van der Waals surface area contributed by atoms with Gasteiger partial charge in [-0.05, 0) is 61.9 Å². The van der Waals surface area contributed by atoms with Gasteiger partial charge in [0.15, 0.2) is 25.9 Å². The van der Waals surface area contributed by atoms with Crippen molar-refractivity contribution in [2.45, 2.75) is 45.1 Å². The van der Waals surface area contributed by atoms with Crippen molar-refractivity contribution >= 4 is 30.6 Å². The van der Waals surface area contributed by atoms with E-state index in [0.717, 1.165) is 50.8 Å². The zero-order chi connectivity index (χ0) is 20.9. The number of hydrogen-bond donors (Lipinski definition) is 0. The van der Waals surface area contributed by atoms with Crippen LogP contribution in [-0.2, 0) is 0 Å². The minimum atomic E-state index is -0.408. The predicted octanol–water partition coefficient (Wildman–Crippen LogP) is 8.36. The highest BCUT2D eigenvalue weighted by Gasteiger charge is 2.40. The first-order valence-corrected chi connectivity index (χ1v) is 11.8. The largest absolute Gasteiger partial charge is 0.484 e. The van der Waals surface area contributed by atoms with Gasteiger partial charge >= 0.3 is 0 Å². The summed E-state index contributed by atoms with van der Waals surface area (Å²) < 4.78 is 37.4. The smallest absolute Gasteiger partial charge is 0.187 e. The number of fused-ring (bicyclic) bond motifs is 3. The van der Waals surface area contributed by atoms with Gasteiger partial charge in [0, 0.05) is 34.1 Å². The monoisotopic (exact) mass is 423 g/mol. The fourth-order valence-electron chi connectivity index (χ4n) is 4.81. The van der Waals surface area contributed by atoms with Gasteiger partial charge in [-0.2, -0.15) is 0 Å². The third-order valence-electron chi connectivity index (χ3n) is 6.51. The number of ether oxygens (including phenoxy) is 1. The topological polar surface area (TPSA) is 9.23 Å². The van der Waals surface area contributed by atoms with Gasteiger partial charge in [-0.1, -0.05) is 26.0 Å². The molecule has 1 fully saturated rings. The average Bonchev–Trinajstić information content (AvgIpc) is 3.33. The van der Waals surface area contributed by atoms with Crippen LogP contribution in [0, 0.1) is 17.6 Å². The summed E-state index contributed by atoms with van der Waals surface area (Å²) in [6.07, 6.45) is 4.17. The first kappa shape index (κ1) is 19.5. The van der Waals surface area contributed by atoms with Crippen LogP contribution < -0.4 is 4.74 Å². The molecule has 154 valence electrons. The second kappa shape index (κ2) is 7.35. The van der Waals surface area contributed by atoms with E-state index in [0.29, 0.717) is 11.7 Å². The molecule has 30 heavy (non-hydrogen) atoms. The molecule has 1 aliphatic rings. The van der Waals surface area contributed by atoms with E-state index in [1.807, 2.05) is 36.4 Å². The van der Waals surface area contributed by atoms with Gasteiger partial charge in [0.05, 0.1) is 5.39 Å². The van der Waals surface area contributed by atoms with E-state index < -0.39 is 10.5 Å². The summed E-state index contributed by atoms with van der Waals surface area (Å²) >= 11 is 0. The van der Waals surface area contributed by atoms with Crippen molar-refractivity contribution in [2.75, 3.05) is 0 Å². The quantitative estimate of drug-likeness (QED) is 0.300. The zero-order valence-corrected chi connectivity index (χ0v) is 18.1. The number of halogens is 2. The molecule has 1 nitrogen and oxygen atoms in total. The summed E-state index contributed by atoms with van der Waals surface area (Å²) in [5, 5.41) is 1.98. The SMILES string of the molecule is CC(C)C1(Oc2cc(-[s+]3c4ccccc4c4cc(F)ccc43)ccc2F)CCCC1. The van der Waals surface area contributed by atoms with Crippen molar-refractivity contribution in [1.29, 1.82) is 0 Å². The molecule has 0 saturated heterocycles. The zero-order valence-electron chi connectivity index (χ0n) is 17.3. The molecular weight excluding hydrogens is 398 g/mol. The summed E-state index contributed by atoms with van der Waals surface area (Å²) in [4.78, 5) is 1.00. The summed E-state index contributed by atoms with van der Waals surface area (Å²) in [6.45, 7) is 4.32. The molecule has 0 bridgehead atoms. The molecule has 1 saturated carbocycles. The van der Waals surface area contributed by atoms with E-state index in [2.05, 4.69) is 19.9 Å². The Morgan fingerprint density at radius 1 is 0.867 bits per heavy atom. The Hall–Kier alpha value is -2.46. The number of hydrogen-bond acceptors (Lipinski definition) is 1. The third kappa shape index (κ3) is 3.09. The highest BCUT2D eigenvalue weighted by molar-refractivity contribution is 7.50. The van der Waals surface area contributed by atoms with Gasteiger partial charge in [-0.15, -0.1) is 0 Å². The van der Waals surface area contributed by atoms with Gasteiger partial charge < -0.3 is 4.74 Å². The van der Waals surface area contributed by atoms with Crippen LogP contribution in [0.1, 0.15) is 39.5 Å². The highest BCUT2D eigenvalue weighted by Crippen LogP contribution is 2.50. The molecule has 3 aromatic carbocycles. The van der Waals surface area contributed by atoms with E-state index in [1.165, 1.54) is 12.1 Å². The Bertz CT molecular complexity index is 1230. The van der Waals surface area contributed by atoms with Gasteiger partial charge in [0.2, 0.25) is 0 Å². The first-order chi connectivity index (χ1) is 14.5. The maximum Gasteiger partial charge on any atom is 0.187 e. The Labute approximate surface area is 178 Å². The molecule has 1 aliphatic carbocycles. The molecule has 4 heteroatoms. The van der Waals surface area contributed by atoms with E-state index in [4.69, 9.17) is 4.74 Å². The van der Waals surface area contributed by atoms with Crippen LogP contribution >= 0.6 is 10.5 Å². The van der Waals surface area contributed by atoms with Crippen molar-refractivity contribution < 1.29 is 13.5 Å². The third-order valence-corrected chi connectivity index (χ3v) is 8.83. The fourth-order valence-corrected chi connectivity index (χ4v) is 7.19. The molecule has 4 aromatic rings. The van der Waals surface area contributed by atoms with E-state index >= 15 is 0 Å². The van der Waals surface area contributed by atoms with Crippen molar-refractivity contribution in [3.63, 3.8) is 0 Å². The van der Waals surface area contributed by atoms with E-state index in [9.17, 15) is 8.78 Å². The van der Waals surface area contributed by atoms with Crippen molar-refractivity contribution in [2.24, 2.45) is 5.92 Å². The van der Waals surface area contributed by atoms with Crippen LogP contribution in [0.5, 0.6) is 5.75 Å². The van der Waals surface area contributed by atoms with Crippen LogP contribution in [0.25, 0.3) is 25.1 Å². The molecule has 0 N–H and O–H groups in total. The summed E-state index contributed by atoms with van der Waals surface area (Å²) in [6, 6.07) is 18.3. The lowest BCUT2D eigenvalue weighted by molar-refractivity contribution is 0.0252. The normalized spacial score (nSPS) is 16.6. The highest BCUT2D eigenvalue weighted by atomic mass is 32.2. The molecule has 1 heterocycles. The maximum absolute atomic E-state index is 14.8. The number of thiophene rings is 1. The molecule has 0 spiro atoms. The molecule has 1 unspecified atom stereocenters. The minimum absolute atomic E-state index is 0.239. The molecule has 0 radical (unpaired) electrons.